The summed E-state index contributed by atoms with van der Waals surface area (Å²) in [6.07, 6.45) is 3.71. The van der Waals surface area contributed by atoms with Crippen LogP contribution < -0.4 is 4.74 Å². The number of ether oxygens (including phenoxy) is 1. The van der Waals surface area contributed by atoms with E-state index in [0.717, 1.165) is 31.5 Å². The summed E-state index contributed by atoms with van der Waals surface area (Å²) in [5.41, 5.74) is 1.12. The molecule has 1 aliphatic rings. The van der Waals surface area contributed by atoms with Crippen molar-refractivity contribution in [2.75, 3.05) is 13.1 Å². The zero-order valence-electron chi connectivity index (χ0n) is 11.9. The van der Waals surface area contributed by atoms with Crippen molar-refractivity contribution in [1.29, 1.82) is 0 Å². The fourth-order valence-electron chi connectivity index (χ4n) is 2.30. The van der Waals surface area contributed by atoms with E-state index >= 15 is 0 Å². The number of carbonyl (C=O) groups excluding carboxylic acids is 2. The van der Waals surface area contributed by atoms with Crippen LogP contribution in [-0.4, -0.2) is 29.9 Å². The van der Waals surface area contributed by atoms with Crippen molar-refractivity contribution in [2.24, 2.45) is 0 Å². The molecule has 108 valence electrons. The van der Waals surface area contributed by atoms with Crippen LogP contribution in [0.1, 0.15) is 37.7 Å². The van der Waals surface area contributed by atoms with Crippen molar-refractivity contribution in [3.63, 3.8) is 0 Å². The van der Waals surface area contributed by atoms with Gasteiger partial charge in [0.2, 0.25) is 5.91 Å². The van der Waals surface area contributed by atoms with Gasteiger partial charge in [-0.2, -0.15) is 0 Å². The highest BCUT2D eigenvalue weighted by molar-refractivity contribution is 5.82. The molecule has 4 heteroatoms. The number of rotatable bonds is 4. The lowest BCUT2D eigenvalue weighted by atomic mass is 10.1. The molecule has 0 bridgehead atoms. The minimum atomic E-state index is -0.348. The Labute approximate surface area is 119 Å². The zero-order valence-corrected chi connectivity index (χ0v) is 11.9. The Morgan fingerprint density at radius 2 is 1.70 bits per heavy atom. The number of nitrogens with zero attached hydrogens (tertiary/aromatic N) is 1. The van der Waals surface area contributed by atoms with Crippen LogP contribution in [0.4, 0.5) is 0 Å². The molecule has 1 amide bonds. The number of hydrogen-bond acceptors (Lipinski definition) is 3. The largest absolute Gasteiger partial charge is 0.427 e. The van der Waals surface area contributed by atoms with Crippen molar-refractivity contribution in [3.05, 3.63) is 29.8 Å². The average molecular weight is 275 g/mol. The van der Waals surface area contributed by atoms with Crippen LogP contribution in [0, 0.1) is 6.92 Å². The van der Waals surface area contributed by atoms with E-state index in [4.69, 9.17) is 4.74 Å². The maximum Gasteiger partial charge on any atom is 0.311 e. The second kappa shape index (κ2) is 7.08. The first-order valence-corrected chi connectivity index (χ1v) is 7.20. The van der Waals surface area contributed by atoms with Gasteiger partial charge in [-0.15, -0.1) is 0 Å². The molecule has 0 spiro atoms. The van der Waals surface area contributed by atoms with Gasteiger partial charge < -0.3 is 9.64 Å². The van der Waals surface area contributed by atoms with Crippen molar-refractivity contribution in [3.8, 4) is 5.75 Å². The average Bonchev–Trinajstić information content (AvgIpc) is 2.48. The van der Waals surface area contributed by atoms with Crippen molar-refractivity contribution >= 4 is 11.9 Å². The van der Waals surface area contributed by atoms with Crippen LogP contribution in [-0.2, 0) is 9.59 Å². The summed E-state index contributed by atoms with van der Waals surface area (Å²) in [7, 11) is 0. The number of piperidine rings is 1. The molecule has 0 N–H and O–H groups in total. The summed E-state index contributed by atoms with van der Waals surface area (Å²) in [6.45, 7) is 3.63. The van der Waals surface area contributed by atoms with E-state index < -0.39 is 0 Å². The lowest BCUT2D eigenvalue weighted by Crippen LogP contribution is -2.35. The summed E-state index contributed by atoms with van der Waals surface area (Å²) in [6, 6.07) is 7.31. The Hall–Kier alpha value is -1.84. The van der Waals surface area contributed by atoms with E-state index in [1.807, 2.05) is 24.0 Å². The first kappa shape index (κ1) is 14.6. The van der Waals surface area contributed by atoms with Gasteiger partial charge in [-0.25, -0.2) is 0 Å². The number of likely N-dealkylation sites (tertiary alicyclic amines) is 1. The summed E-state index contributed by atoms with van der Waals surface area (Å²) in [4.78, 5) is 25.5. The van der Waals surface area contributed by atoms with Gasteiger partial charge in [-0.3, -0.25) is 9.59 Å². The fourth-order valence-corrected chi connectivity index (χ4v) is 2.30. The maximum absolute atomic E-state index is 11.9. The highest BCUT2D eigenvalue weighted by Crippen LogP contribution is 2.14. The number of aryl methyl sites for hydroxylation is 1. The van der Waals surface area contributed by atoms with Gasteiger partial charge in [0.05, 0.1) is 6.42 Å². The van der Waals surface area contributed by atoms with E-state index in [2.05, 4.69) is 0 Å². The summed E-state index contributed by atoms with van der Waals surface area (Å²) >= 11 is 0. The Bertz CT molecular complexity index is 461. The molecule has 0 atom stereocenters. The van der Waals surface area contributed by atoms with Crippen LogP contribution in [0.25, 0.3) is 0 Å². The SMILES string of the molecule is Cc1ccc(OC(=O)CCC(=O)N2CCCCC2)cc1. The molecule has 4 nitrogen and oxygen atoms in total. The van der Waals surface area contributed by atoms with Crippen molar-refractivity contribution in [1.82, 2.24) is 4.90 Å². The van der Waals surface area contributed by atoms with E-state index in [1.54, 1.807) is 12.1 Å². The van der Waals surface area contributed by atoms with Crippen LogP contribution in [0.3, 0.4) is 0 Å². The van der Waals surface area contributed by atoms with Crippen LogP contribution in [0.15, 0.2) is 24.3 Å². The number of hydrogen-bond donors (Lipinski definition) is 0. The molecule has 1 fully saturated rings. The molecule has 0 unspecified atom stereocenters. The standard InChI is InChI=1S/C16H21NO3/c1-13-5-7-14(8-6-13)20-16(19)10-9-15(18)17-11-3-2-4-12-17/h5-8H,2-4,9-12H2,1H3. The predicted molar refractivity (Wildman–Crippen MR) is 76.5 cm³/mol. The number of carbonyl (C=O) groups is 2. The highest BCUT2D eigenvalue weighted by atomic mass is 16.5. The third-order valence-corrected chi connectivity index (χ3v) is 3.50. The van der Waals surface area contributed by atoms with Gasteiger partial charge in [0, 0.05) is 19.5 Å². The minimum absolute atomic E-state index is 0.0607. The van der Waals surface area contributed by atoms with Gasteiger partial charge in [0.25, 0.3) is 0 Å². The quantitative estimate of drug-likeness (QED) is 0.627. The smallest absolute Gasteiger partial charge is 0.311 e. The number of esters is 1. The Morgan fingerprint density at radius 1 is 1.05 bits per heavy atom. The molecule has 0 radical (unpaired) electrons. The molecule has 1 aromatic rings. The molecule has 0 aliphatic carbocycles. The summed E-state index contributed by atoms with van der Waals surface area (Å²) < 4.78 is 5.20. The van der Waals surface area contributed by atoms with E-state index in [1.165, 1.54) is 6.42 Å². The Balaban J connectivity index is 1.74. The Morgan fingerprint density at radius 3 is 2.35 bits per heavy atom. The van der Waals surface area contributed by atoms with Gasteiger partial charge >= 0.3 is 5.97 Å². The first-order chi connectivity index (χ1) is 9.65. The molecule has 0 saturated carbocycles. The fraction of sp³-hybridized carbons (Fsp3) is 0.500. The van der Waals surface area contributed by atoms with Crippen LogP contribution in [0.5, 0.6) is 5.75 Å². The molecule has 1 saturated heterocycles. The van der Waals surface area contributed by atoms with Gasteiger partial charge in [0.1, 0.15) is 5.75 Å². The van der Waals surface area contributed by atoms with Crippen molar-refractivity contribution in [2.45, 2.75) is 39.0 Å². The van der Waals surface area contributed by atoms with E-state index in [-0.39, 0.29) is 24.7 Å². The molecule has 20 heavy (non-hydrogen) atoms. The first-order valence-electron chi connectivity index (χ1n) is 7.20. The maximum atomic E-state index is 11.9. The third-order valence-electron chi connectivity index (χ3n) is 3.50. The lowest BCUT2D eigenvalue weighted by molar-refractivity contribution is -0.139. The van der Waals surface area contributed by atoms with E-state index in [9.17, 15) is 9.59 Å². The Kier molecular flexibility index (Phi) is 5.16. The zero-order chi connectivity index (χ0) is 14.4. The predicted octanol–water partition coefficient (Wildman–Crippen LogP) is 2.69. The van der Waals surface area contributed by atoms with Crippen molar-refractivity contribution < 1.29 is 14.3 Å². The van der Waals surface area contributed by atoms with E-state index in [0.29, 0.717) is 5.75 Å². The minimum Gasteiger partial charge on any atom is -0.427 e. The molecule has 1 aliphatic heterocycles. The monoisotopic (exact) mass is 275 g/mol. The number of benzene rings is 1. The van der Waals surface area contributed by atoms with Gasteiger partial charge in [-0.05, 0) is 38.3 Å². The normalized spacial score (nSPS) is 14.9. The molecule has 1 aromatic carbocycles. The van der Waals surface area contributed by atoms with Gasteiger partial charge in [-0.1, -0.05) is 17.7 Å². The van der Waals surface area contributed by atoms with Gasteiger partial charge in [0.15, 0.2) is 0 Å². The third kappa shape index (κ3) is 4.37. The molecule has 1 heterocycles. The summed E-state index contributed by atoms with van der Waals surface area (Å²) in [5.74, 6) is 0.246. The highest BCUT2D eigenvalue weighted by Gasteiger charge is 2.17. The van der Waals surface area contributed by atoms with Crippen LogP contribution >= 0.6 is 0 Å². The second-order valence-corrected chi connectivity index (χ2v) is 5.23. The molecular formula is C16H21NO3. The molecule has 2 rings (SSSR count). The van der Waals surface area contributed by atoms with Crippen LogP contribution in [0.2, 0.25) is 0 Å². The summed E-state index contributed by atoms with van der Waals surface area (Å²) in [5, 5.41) is 0. The molecule has 0 aromatic heterocycles. The molecular weight excluding hydrogens is 254 g/mol. The second-order valence-electron chi connectivity index (χ2n) is 5.23. The topological polar surface area (TPSA) is 46.6 Å². The lowest BCUT2D eigenvalue weighted by Gasteiger charge is -2.26. The number of amides is 1.